The van der Waals surface area contributed by atoms with Crippen LogP contribution in [0, 0.1) is 45.3 Å². The van der Waals surface area contributed by atoms with Gasteiger partial charge in [0.05, 0.1) is 0 Å². The number of Topliss-reactive ketones (excluding diaryl/α,β-unsaturated/α-hetero) is 1. The zero-order valence-electron chi connectivity index (χ0n) is 22.0. The summed E-state index contributed by atoms with van der Waals surface area (Å²) >= 11 is 0. The second-order valence-corrected chi connectivity index (χ2v) is 13.8. The number of carbonyl (C=O) groups is 1. The highest BCUT2D eigenvalue weighted by atomic mass is 16.1. The predicted octanol–water partition coefficient (Wildman–Crippen LogP) is 8.77. The van der Waals surface area contributed by atoms with E-state index in [-0.39, 0.29) is 10.8 Å². The van der Waals surface area contributed by atoms with Crippen LogP contribution in [0.5, 0.6) is 0 Å². The molecule has 0 aromatic carbocycles. The van der Waals surface area contributed by atoms with E-state index in [1.54, 1.807) is 0 Å². The quantitative estimate of drug-likeness (QED) is 0.401. The summed E-state index contributed by atoms with van der Waals surface area (Å²) in [5.74, 6) is 3.63. The molecule has 0 aromatic heterocycles. The van der Waals surface area contributed by atoms with Crippen LogP contribution in [0.4, 0.5) is 0 Å². The van der Waals surface area contributed by atoms with Crippen LogP contribution in [-0.4, -0.2) is 5.78 Å². The third kappa shape index (κ3) is 3.33. The van der Waals surface area contributed by atoms with Crippen molar-refractivity contribution < 1.29 is 4.79 Å². The number of hydrogen-bond acceptors (Lipinski definition) is 1. The summed E-state index contributed by atoms with van der Waals surface area (Å²) in [5, 5.41) is 0. The van der Waals surface area contributed by atoms with Crippen molar-refractivity contribution in [3.05, 3.63) is 11.1 Å². The molecule has 0 N–H and O–H groups in total. The summed E-state index contributed by atoms with van der Waals surface area (Å²) in [6.45, 7) is 19.7. The van der Waals surface area contributed by atoms with Gasteiger partial charge >= 0.3 is 0 Å². The van der Waals surface area contributed by atoms with Crippen molar-refractivity contribution in [2.45, 2.75) is 126 Å². The van der Waals surface area contributed by atoms with E-state index in [1.165, 1.54) is 57.8 Å². The van der Waals surface area contributed by atoms with Crippen LogP contribution < -0.4 is 0 Å². The van der Waals surface area contributed by atoms with Gasteiger partial charge in [-0.15, -0.1) is 0 Å². The highest BCUT2D eigenvalue weighted by molar-refractivity contribution is 5.85. The van der Waals surface area contributed by atoms with Crippen LogP contribution in [0.15, 0.2) is 11.1 Å². The summed E-state index contributed by atoms with van der Waals surface area (Å²) in [4.78, 5) is 12.8. The van der Waals surface area contributed by atoms with Gasteiger partial charge in [-0.3, -0.25) is 4.79 Å². The van der Waals surface area contributed by atoms with E-state index < -0.39 is 0 Å². The smallest absolute Gasteiger partial charge is 0.138 e. The van der Waals surface area contributed by atoms with Crippen LogP contribution in [0.1, 0.15) is 126 Å². The molecule has 31 heavy (non-hydrogen) atoms. The highest BCUT2D eigenvalue weighted by Gasteiger charge is 2.63. The van der Waals surface area contributed by atoms with Gasteiger partial charge < -0.3 is 0 Å². The Morgan fingerprint density at radius 1 is 0.839 bits per heavy atom. The molecule has 0 heterocycles. The Morgan fingerprint density at radius 3 is 2.23 bits per heavy atom. The minimum atomic E-state index is -0.143. The Kier molecular flexibility index (Phi) is 5.88. The molecule has 0 amide bonds. The van der Waals surface area contributed by atoms with E-state index in [9.17, 15) is 4.79 Å². The molecule has 0 aromatic rings. The average Bonchev–Trinajstić information content (AvgIpc) is 2.96. The molecule has 0 unspecified atom stereocenters. The van der Waals surface area contributed by atoms with Crippen LogP contribution in [0.25, 0.3) is 0 Å². The lowest BCUT2D eigenvalue weighted by Gasteiger charge is -2.61. The van der Waals surface area contributed by atoms with Gasteiger partial charge in [-0.05, 0) is 84.9 Å². The molecule has 6 atom stereocenters. The molecule has 0 aliphatic heterocycles. The van der Waals surface area contributed by atoms with Crippen molar-refractivity contribution in [1.29, 1.82) is 0 Å². The standard InChI is InChI=1S/C30H50O/c1-20(2)10-9-11-21(3)22-14-18-30(8)24-12-13-25-27(4,5)26(31)16-17-28(25,6)23(24)15-19-29(22,30)7/h20-22,25H,9-19H2,1-8H3/t21-,22-,25-,28-,29+,30+/m0/s1. The van der Waals surface area contributed by atoms with Crippen molar-refractivity contribution >= 4 is 5.78 Å². The summed E-state index contributed by atoms with van der Waals surface area (Å²) in [6.07, 6.45) is 14.1. The predicted molar refractivity (Wildman–Crippen MR) is 132 cm³/mol. The van der Waals surface area contributed by atoms with Crippen molar-refractivity contribution in [2.75, 3.05) is 0 Å². The van der Waals surface area contributed by atoms with E-state index in [2.05, 4.69) is 55.4 Å². The van der Waals surface area contributed by atoms with Crippen LogP contribution in [0.2, 0.25) is 0 Å². The first kappa shape index (κ1) is 23.6. The fourth-order valence-corrected chi connectivity index (χ4v) is 9.49. The monoisotopic (exact) mass is 426 g/mol. The average molecular weight is 427 g/mol. The molecular formula is C30H50O. The summed E-state index contributed by atoms with van der Waals surface area (Å²) in [7, 11) is 0. The fraction of sp³-hybridized carbons (Fsp3) is 0.900. The molecule has 1 heteroatoms. The van der Waals surface area contributed by atoms with Gasteiger partial charge in [0.25, 0.3) is 0 Å². The van der Waals surface area contributed by atoms with Gasteiger partial charge in [-0.2, -0.15) is 0 Å². The number of allylic oxidation sites excluding steroid dienone is 2. The molecule has 2 fully saturated rings. The van der Waals surface area contributed by atoms with E-state index in [1.807, 2.05) is 11.1 Å². The maximum atomic E-state index is 12.8. The number of fused-ring (bicyclic) bond motifs is 4. The van der Waals surface area contributed by atoms with Gasteiger partial charge in [0.1, 0.15) is 5.78 Å². The van der Waals surface area contributed by atoms with Crippen molar-refractivity contribution in [3.8, 4) is 0 Å². The Balaban J connectivity index is 1.63. The first-order valence-corrected chi connectivity index (χ1v) is 13.6. The van der Waals surface area contributed by atoms with Gasteiger partial charge in [-0.1, -0.05) is 85.8 Å². The van der Waals surface area contributed by atoms with Gasteiger partial charge in [-0.25, -0.2) is 0 Å². The molecule has 2 saturated carbocycles. The van der Waals surface area contributed by atoms with Crippen molar-refractivity contribution in [1.82, 2.24) is 0 Å². The molecule has 0 bridgehead atoms. The van der Waals surface area contributed by atoms with E-state index >= 15 is 0 Å². The van der Waals surface area contributed by atoms with Crippen LogP contribution in [-0.2, 0) is 4.79 Å². The lowest BCUT2D eigenvalue weighted by molar-refractivity contribution is -0.139. The van der Waals surface area contributed by atoms with Crippen LogP contribution in [0.3, 0.4) is 0 Å². The van der Waals surface area contributed by atoms with Gasteiger partial charge in [0, 0.05) is 11.8 Å². The maximum Gasteiger partial charge on any atom is 0.138 e. The minimum Gasteiger partial charge on any atom is -0.299 e. The van der Waals surface area contributed by atoms with Crippen molar-refractivity contribution in [2.24, 2.45) is 45.3 Å². The number of rotatable bonds is 5. The lowest BCUT2D eigenvalue weighted by atomic mass is 9.43. The Morgan fingerprint density at radius 2 is 1.55 bits per heavy atom. The fourth-order valence-electron chi connectivity index (χ4n) is 9.49. The highest BCUT2D eigenvalue weighted by Crippen LogP contribution is 2.72. The third-order valence-corrected chi connectivity index (χ3v) is 11.7. The SMILES string of the molecule is CC(C)CCC[C@H](C)[C@@H]1CC[C@]2(C)C3=C(CC[C@]12C)[C@]1(C)CCC(=O)C(C)(C)[C@@H]1CC3. The lowest BCUT2D eigenvalue weighted by Crippen LogP contribution is -2.53. The Bertz CT molecular complexity index is 756. The molecule has 0 saturated heterocycles. The van der Waals surface area contributed by atoms with Crippen LogP contribution >= 0.6 is 0 Å². The maximum absolute atomic E-state index is 12.8. The summed E-state index contributed by atoms with van der Waals surface area (Å²) < 4.78 is 0. The van der Waals surface area contributed by atoms with Gasteiger partial charge in [0.15, 0.2) is 0 Å². The summed E-state index contributed by atoms with van der Waals surface area (Å²) in [5.41, 5.74) is 4.65. The zero-order chi connectivity index (χ0) is 22.8. The van der Waals surface area contributed by atoms with Crippen molar-refractivity contribution in [3.63, 3.8) is 0 Å². The molecule has 4 aliphatic rings. The second kappa shape index (κ2) is 7.73. The Labute approximate surface area is 193 Å². The molecule has 1 nitrogen and oxygen atoms in total. The first-order valence-electron chi connectivity index (χ1n) is 13.6. The molecule has 4 rings (SSSR count). The Hall–Kier alpha value is -0.590. The zero-order valence-corrected chi connectivity index (χ0v) is 22.0. The second-order valence-electron chi connectivity index (χ2n) is 13.8. The minimum absolute atomic E-state index is 0.143. The van der Waals surface area contributed by atoms with E-state index in [0.29, 0.717) is 22.5 Å². The number of ketones is 1. The molecular weight excluding hydrogens is 376 g/mol. The normalized spacial score (nSPS) is 42.9. The largest absolute Gasteiger partial charge is 0.299 e. The molecule has 0 radical (unpaired) electrons. The topological polar surface area (TPSA) is 17.1 Å². The molecule has 4 aliphatic carbocycles. The summed E-state index contributed by atoms with van der Waals surface area (Å²) in [6, 6.07) is 0. The first-order chi connectivity index (χ1) is 14.4. The molecule has 176 valence electrons. The van der Waals surface area contributed by atoms with E-state index in [4.69, 9.17) is 0 Å². The van der Waals surface area contributed by atoms with E-state index in [0.717, 1.165) is 30.6 Å². The molecule has 0 spiro atoms. The van der Waals surface area contributed by atoms with Gasteiger partial charge in [0.2, 0.25) is 0 Å². The number of carbonyl (C=O) groups excluding carboxylic acids is 1. The number of hydrogen-bond donors (Lipinski definition) is 0. The third-order valence-electron chi connectivity index (χ3n) is 11.7.